The molecule has 0 unspecified atom stereocenters. The number of anilines is 1. The number of carbonyl (C=O) groups is 1. The number of aromatic nitrogens is 3. The van der Waals surface area contributed by atoms with Gasteiger partial charge in [0.05, 0.1) is 5.56 Å². The molecular weight excluding hydrogens is 366 g/mol. The van der Waals surface area contributed by atoms with Crippen LogP contribution >= 0.6 is 0 Å². The van der Waals surface area contributed by atoms with Crippen LogP contribution in [-0.4, -0.2) is 34.1 Å². The number of carbonyl (C=O) groups excluding carboxylic acids is 1. The summed E-state index contributed by atoms with van der Waals surface area (Å²) in [5.74, 6) is 2.05. The number of pyridine rings is 1. The first-order valence-electron chi connectivity index (χ1n) is 9.94. The molecule has 1 amide bonds. The number of nitrogens with zero attached hydrogens (tertiary/aromatic N) is 4. The number of piperidine rings is 1. The van der Waals surface area contributed by atoms with Crippen LogP contribution in [0, 0.1) is 19.8 Å². The molecule has 1 saturated heterocycles. The highest BCUT2D eigenvalue weighted by molar-refractivity contribution is 5.79. The first-order chi connectivity index (χ1) is 14.1. The highest BCUT2D eigenvalue weighted by Gasteiger charge is 2.27. The van der Waals surface area contributed by atoms with E-state index in [-0.39, 0.29) is 11.8 Å². The number of hydrogen-bond donors (Lipinski definition) is 1. The van der Waals surface area contributed by atoms with E-state index in [4.69, 9.17) is 4.52 Å². The quantitative estimate of drug-likeness (QED) is 0.719. The molecule has 29 heavy (non-hydrogen) atoms. The van der Waals surface area contributed by atoms with Gasteiger partial charge in [-0.05, 0) is 44.4 Å². The third kappa shape index (κ3) is 4.45. The Morgan fingerprint density at radius 1 is 1.17 bits per heavy atom. The van der Waals surface area contributed by atoms with E-state index in [1.165, 1.54) is 5.56 Å². The Hall–Kier alpha value is -3.22. The molecule has 150 valence electrons. The largest absolute Gasteiger partial charge is 0.356 e. The number of hydrogen-bond acceptors (Lipinski definition) is 6. The van der Waals surface area contributed by atoms with Gasteiger partial charge in [0.2, 0.25) is 5.91 Å². The molecule has 1 fully saturated rings. The van der Waals surface area contributed by atoms with E-state index in [1.807, 2.05) is 12.1 Å². The molecule has 1 aromatic carbocycles. The summed E-state index contributed by atoms with van der Waals surface area (Å²) < 4.78 is 5.33. The smallest absolute Gasteiger partial charge is 0.261 e. The highest BCUT2D eigenvalue weighted by atomic mass is 16.5. The van der Waals surface area contributed by atoms with Gasteiger partial charge in [0.15, 0.2) is 5.82 Å². The summed E-state index contributed by atoms with van der Waals surface area (Å²) in [5.41, 5.74) is 3.17. The first kappa shape index (κ1) is 19.1. The monoisotopic (exact) mass is 391 g/mol. The van der Waals surface area contributed by atoms with Crippen molar-refractivity contribution >= 4 is 11.7 Å². The third-order valence-electron chi connectivity index (χ3n) is 5.30. The minimum Gasteiger partial charge on any atom is -0.356 e. The molecule has 3 aromatic rings. The summed E-state index contributed by atoms with van der Waals surface area (Å²) in [7, 11) is 0. The lowest BCUT2D eigenvalue weighted by Crippen LogP contribution is -2.40. The van der Waals surface area contributed by atoms with E-state index in [0.717, 1.165) is 42.9 Å². The normalized spacial score (nSPS) is 14.8. The number of benzene rings is 1. The zero-order chi connectivity index (χ0) is 20.2. The lowest BCUT2D eigenvalue weighted by molar-refractivity contribution is -0.125. The van der Waals surface area contributed by atoms with E-state index in [9.17, 15) is 4.79 Å². The van der Waals surface area contributed by atoms with Crippen LogP contribution in [0.1, 0.15) is 29.8 Å². The van der Waals surface area contributed by atoms with Crippen LogP contribution in [0.5, 0.6) is 0 Å². The van der Waals surface area contributed by atoms with Crippen molar-refractivity contribution < 1.29 is 9.32 Å². The summed E-state index contributed by atoms with van der Waals surface area (Å²) in [5, 5.41) is 6.96. The van der Waals surface area contributed by atoms with Crippen molar-refractivity contribution in [3.05, 3.63) is 59.5 Å². The van der Waals surface area contributed by atoms with E-state index in [1.54, 1.807) is 13.1 Å². The maximum absolute atomic E-state index is 12.6. The molecule has 0 aliphatic carbocycles. The lowest BCUT2D eigenvalue weighted by Gasteiger charge is -2.32. The van der Waals surface area contributed by atoms with Crippen molar-refractivity contribution in [3.63, 3.8) is 0 Å². The molecular formula is C22H25N5O2. The van der Waals surface area contributed by atoms with Crippen LogP contribution < -0.4 is 10.2 Å². The second-order valence-electron chi connectivity index (χ2n) is 7.49. The zero-order valence-corrected chi connectivity index (χ0v) is 16.8. The number of aryl methyl sites for hydroxylation is 2. The van der Waals surface area contributed by atoms with Gasteiger partial charge in [0.25, 0.3) is 5.89 Å². The molecule has 0 spiro atoms. The highest BCUT2D eigenvalue weighted by Crippen LogP contribution is 2.30. The Kier molecular flexibility index (Phi) is 5.55. The summed E-state index contributed by atoms with van der Waals surface area (Å²) in [6, 6.07) is 12.0. The topological polar surface area (TPSA) is 84.2 Å². The van der Waals surface area contributed by atoms with E-state index in [0.29, 0.717) is 18.3 Å². The fraction of sp³-hybridized carbons (Fsp3) is 0.364. The standard InChI is InChI=1S/C22H25N5O2/c1-15-5-7-17(8-6-15)14-24-21(28)18-9-12-27(13-10-18)20-19(4-3-11-23-20)22-25-16(2)26-29-22/h3-8,11,18H,9-10,12-14H2,1-2H3,(H,24,28). The Labute approximate surface area is 170 Å². The molecule has 0 atom stereocenters. The Balaban J connectivity index is 1.36. The molecule has 3 heterocycles. The van der Waals surface area contributed by atoms with Gasteiger partial charge in [-0.15, -0.1) is 0 Å². The first-order valence-corrected chi connectivity index (χ1v) is 9.94. The van der Waals surface area contributed by atoms with Gasteiger partial charge in [0.1, 0.15) is 5.82 Å². The molecule has 0 saturated carbocycles. The van der Waals surface area contributed by atoms with Crippen molar-refractivity contribution in [1.29, 1.82) is 0 Å². The Morgan fingerprint density at radius 3 is 2.62 bits per heavy atom. The van der Waals surface area contributed by atoms with Crippen molar-refractivity contribution in [2.75, 3.05) is 18.0 Å². The van der Waals surface area contributed by atoms with Crippen LogP contribution in [0.3, 0.4) is 0 Å². The molecule has 1 aliphatic rings. The van der Waals surface area contributed by atoms with Gasteiger partial charge >= 0.3 is 0 Å². The van der Waals surface area contributed by atoms with Crippen LogP contribution in [0.4, 0.5) is 5.82 Å². The average Bonchev–Trinajstić information content (AvgIpc) is 3.19. The van der Waals surface area contributed by atoms with Crippen LogP contribution in [0.15, 0.2) is 47.1 Å². The number of nitrogens with one attached hydrogen (secondary N) is 1. The fourth-order valence-electron chi connectivity index (χ4n) is 3.62. The van der Waals surface area contributed by atoms with Crippen molar-refractivity contribution in [3.8, 4) is 11.5 Å². The minimum atomic E-state index is 0.0227. The average molecular weight is 391 g/mol. The van der Waals surface area contributed by atoms with Crippen LogP contribution in [0.25, 0.3) is 11.5 Å². The van der Waals surface area contributed by atoms with Crippen LogP contribution in [0.2, 0.25) is 0 Å². The SMILES string of the molecule is Cc1ccc(CNC(=O)C2CCN(c3ncccc3-c3nc(C)no3)CC2)cc1. The van der Waals surface area contributed by atoms with Crippen molar-refractivity contribution in [2.45, 2.75) is 33.2 Å². The molecule has 1 N–H and O–H groups in total. The lowest BCUT2D eigenvalue weighted by atomic mass is 9.95. The summed E-state index contributed by atoms with van der Waals surface area (Å²) >= 11 is 0. The Bertz CT molecular complexity index is 975. The maximum atomic E-state index is 12.6. The van der Waals surface area contributed by atoms with Gasteiger partial charge in [0, 0.05) is 31.7 Å². The summed E-state index contributed by atoms with van der Waals surface area (Å²) in [6.07, 6.45) is 3.35. The van der Waals surface area contributed by atoms with Gasteiger partial charge in [-0.3, -0.25) is 4.79 Å². The summed E-state index contributed by atoms with van der Waals surface area (Å²) in [4.78, 5) is 23.7. The fourth-order valence-corrected chi connectivity index (χ4v) is 3.62. The van der Waals surface area contributed by atoms with Gasteiger partial charge in [-0.1, -0.05) is 35.0 Å². The molecule has 4 rings (SSSR count). The predicted molar refractivity (Wildman–Crippen MR) is 110 cm³/mol. The number of rotatable bonds is 5. The van der Waals surface area contributed by atoms with E-state index < -0.39 is 0 Å². The van der Waals surface area contributed by atoms with Crippen LogP contribution in [-0.2, 0) is 11.3 Å². The van der Waals surface area contributed by atoms with Crippen molar-refractivity contribution in [2.24, 2.45) is 5.92 Å². The van der Waals surface area contributed by atoms with E-state index in [2.05, 4.69) is 56.5 Å². The van der Waals surface area contributed by atoms with E-state index >= 15 is 0 Å². The second-order valence-corrected chi connectivity index (χ2v) is 7.49. The maximum Gasteiger partial charge on any atom is 0.261 e. The zero-order valence-electron chi connectivity index (χ0n) is 16.8. The molecule has 7 heteroatoms. The third-order valence-corrected chi connectivity index (χ3v) is 5.30. The molecule has 2 aromatic heterocycles. The minimum absolute atomic E-state index is 0.0227. The van der Waals surface area contributed by atoms with Gasteiger partial charge < -0.3 is 14.7 Å². The van der Waals surface area contributed by atoms with Gasteiger partial charge in [-0.25, -0.2) is 4.98 Å². The predicted octanol–water partition coefficient (Wildman–Crippen LogP) is 3.28. The molecule has 1 aliphatic heterocycles. The molecule has 0 bridgehead atoms. The van der Waals surface area contributed by atoms with Crippen molar-refractivity contribution in [1.82, 2.24) is 20.4 Å². The second kappa shape index (κ2) is 8.43. The summed E-state index contributed by atoms with van der Waals surface area (Å²) in [6.45, 7) is 5.95. The number of amides is 1. The van der Waals surface area contributed by atoms with Gasteiger partial charge in [-0.2, -0.15) is 4.98 Å². The molecule has 7 nitrogen and oxygen atoms in total. The molecule has 0 radical (unpaired) electrons. The Morgan fingerprint density at radius 2 is 1.93 bits per heavy atom.